The third-order valence-electron chi connectivity index (χ3n) is 7.89. The Kier molecular flexibility index (Phi) is 29.5. The van der Waals surface area contributed by atoms with Gasteiger partial charge in [0.25, 0.3) is 18.6 Å². The summed E-state index contributed by atoms with van der Waals surface area (Å²) in [5.74, 6) is 0. The van der Waals surface area contributed by atoms with E-state index in [4.69, 9.17) is 37.0 Å². The van der Waals surface area contributed by atoms with Crippen LogP contribution in [0.3, 0.4) is 0 Å². The zero-order chi connectivity index (χ0) is 50.7. The van der Waals surface area contributed by atoms with Gasteiger partial charge >= 0.3 is 25.7 Å². The second-order valence-electron chi connectivity index (χ2n) is 21.9. The first-order valence-corrected chi connectivity index (χ1v) is 59.6. The third kappa shape index (κ3) is 31.9. The first-order chi connectivity index (χ1) is 29.4. The van der Waals surface area contributed by atoms with Crippen LogP contribution in [0.2, 0.25) is 164 Å². The molecule has 3 rings (SSSR count). The van der Waals surface area contributed by atoms with Gasteiger partial charge in [-0.1, -0.05) is 91.0 Å². The number of benzene rings is 3. The van der Waals surface area contributed by atoms with Gasteiger partial charge in [0.15, 0.2) is 69.4 Å². The molecule has 0 bridgehead atoms. The van der Waals surface area contributed by atoms with Crippen LogP contribution in [0.1, 0.15) is 0 Å². The predicted octanol–water partition coefficient (Wildman–Crippen LogP) is 10.0. The van der Waals surface area contributed by atoms with Crippen molar-refractivity contribution in [3.63, 3.8) is 0 Å². The van der Waals surface area contributed by atoms with Crippen molar-refractivity contribution in [1.29, 1.82) is 0 Å². The zero-order valence-corrected chi connectivity index (χ0v) is 59.7. The SMILES string of the molecule is C[SiH](C)O[Si](C)(O[SiH](C)C)c1ccccc1.C[SiH](C)O[Si](O[SiH](C)C)(c1ccccc1)c1ccccc1.C[SiH](O[Si](C)(C)C)O[Si](C)(C)C.C[SiH](O[Si](C)(C)C)O[Si](C)(C)O[Si](C)(C)C. The van der Waals surface area contributed by atoms with E-state index in [1.54, 1.807) is 0 Å². The molecule has 3 aromatic rings. The van der Waals surface area contributed by atoms with Gasteiger partial charge in [-0.2, -0.15) is 0 Å². The van der Waals surface area contributed by atoms with Gasteiger partial charge in [0.2, 0.25) is 0 Å². The lowest BCUT2D eigenvalue weighted by Crippen LogP contribution is -2.66. The van der Waals surface area contributed by atoms with Crippen LogP contribution in [0, 0.1) is 0 Å². The van der Waals surface area contributed by atoms with Gasteiger partial charge in [-0.15, -0.1) is 0 Å². The molecule has 0 saturated carbocycles. The molecule has 0 aliphatic carbocycles. The maximum atomic E-state index is 6.61. The van der Waals surface area contributed by atoms with Crippen molar-refractivity contribution in [2.75, 3.05) is 0 Å². The molecule has 0 aliphatic heterocycles. The molecule has 0 fully saturated rings. The summed E-state index contributed by atoms with van der Waals surface area (Å²) in [6.07, 6.45) is 0. The van der Waals surface area contributed by atoms with Crippen molar-refractivity contribution in [1.82, 2.24) is 0 Å². The maximum absolute atomic E-state index is 6.61. The van der Waals surface area contributed by atoms with Crippen molar-refractivity contribution in [2.45, 2.75) is 164 Å². The Hall–Kier alpha value is 0.119. The summed E-state index contributed by atoms with van der Waals surface area (Å²) in [6.45, 7) is 54.9. The van der Waals surface area contributed by atoms with E-state index in [0.717, 1.165) is 0 Å². The summed E-state index contributed by atoms with van der Waals surface area (Å²) in [5.41, 5.74) is 0. The second kappa shape index (κ2) is 29.5. The standard InChI is InChI=1S/C16H24O2Si3.C11H22O2Si3.C9H28O3Si4.C7H22O2Si3/c1-19(2)17-21(18-20(3)4,15-11-7-5-8-12-15)16-13-9-6-10-14-16;1-14(2)12-16(5,13-15(3)4)11-9-7-6-8-10-11;1-13(10-14(2,3)4)11-16(8,9)12-15(5,6)7;1-10(8-11(2,3)4)9-12(5,6)7/h5-14,19-20H,1-4H3;6-10,14-15H,1-5H3;13H,1-9H3;10H,1-7H3. The minimum Gasteiger partial charge on any atom is -0.439 e. The number of hydrogen-bond acceptors (Lipinski definition) is 9. The lowest BCUT2D eigenvalue weighted by Gasteiger charge is -2.35. The van der Waals surface area contributed by atoms with Crippen LogP contribution in [0.25, 0.3) is 0 Å². The largest absolute Gasteiger partial charge is 0.439 e. The Morgan fingerprint density at radius 3 is 0.800 bits per heavy atom. The van der Waals surface area contributed by atoms with E-state index < -0.39 is 114 Å². The molecule has 65 heavy (non-hydrogen) atoms. The topological polar surface area (TPSA) is 83.1 Å². The molecular formula is C43H96O9Si13. The average Bonchev–Trinajstić information content (AvgIpc) is 3.08. The Labute approximate surface area is 417 Å². The van der Waals surface area contributed by atoms with Crippen molar-refractivity contribution in [3.8, 4) is 0 Å². The van der Waals surface area contributed by atoms with Gasteiger partial charge in [-0.25, -0.2) is 0 Å². The Balaban J connectivity index is 0.000000858. The normalized spacial score (nSPS) is 13.6. The summed E-state index contributed by atoms with van der Waals surface area (Å²) >= 11 is 0. The zero-order valence-electron chi connectivity index (χ0n) is 45.8. The quantitative estimate of drug-likeness (QED) is 0.0969. The van der Waals surface area contributed by atoms with E-state index in [0.29, 0.717) is 0 Å². The average molecular weight is 1120 g/mol. The minimum absolute atomic E-state index is 1.07. The molecular weight excluding hydrogens is 1030 g/mol. The molecule has 0 aliphatic rings. The van der Waals surface area contributed by atoms with E-state index >= 15 is 0 Å². The first-order valence-electron chi connectivity index (χ1n) is 23.7. The Bertz CT molecular complexity index is 1610. The fourth-order valence-electron chi connectivity index (χ4n) is 6.95. The molecule has 0 saturated heterocycles. The van der Waals surface area contributed by atoms with Crippen LogP contribution in [0.5, 0.6) is 0 Å². The number of hydrogen-bond donors (Lipinski definition) is 0. The van der Waals surface area contributed by atoms with Crippen molar-refractivity contribution in [3.05, 3.63) is 91.0 Å². The second-order valence-corrected chi connectivity index (χ2v) is 65.5. The molecule has 3 aromatic carbocycles. The van der Waals surface area contributed by atoms with Crippen LogP contribution in [-0.4, -0.2) is 114 Å². The summed E-state index contributed by atoms with van der Waals surface area (Å²) in [5, 5.41) is 3.70. The molecule has 0 aromatic heterocycles. The molecule has 22 heteroatoms. The van der Waals surface area contributed by atoms with Gasteiger partial charge in [0.05, 0.1) is 0 Å². The summed E-state index contributed by atoms with van der Waals surface area (Å²) in [4.78, 5) is 0. The highest BCUT2D eigenvalue weighted by atomic mass is 28.5. The van der Waals surface area contributed by atoms with Gasteiger partial charge in [-0.3, -0.25) is 0 Å². The molecule has 374 valence electrons. The molecule has 9 nitrogen and oxygen atoms in total. The highest BCUT2D eigenvalue weighted by Gasteiger charge is 2.43. The van der Waals surface area contributed by atoms with Crippen LogP contribution in [0.15, 0.2) is 91.0 Å². The summed E-state index contributed by atoms with van der Waals surface area (Å²) < 4.78 is 55.7. The van der Waals surface area contributed by atoms with Gasteiger partial charge in [-0.05, 0) is 179 Å². The third-order valence-corrected chi connectivity index (χ3v) is 45.7. The highest BCUT2D eigenvalue weighted by molar-refractivity contribution is 6.98. The molecule has 1 unspecified atom stereocenters. The van der Waals surface area contributed by atoms with Gasteiger partial charge < -0.3 is 37.0 Å². The molecule has 0 amide bonds. The van der Waals surface area contributed by atoms with Gasteiger partial charge in [0, 0.05) is 0 Å². The fourth-order valence-corrected chi connectivity index (χ4v) is 49.5. The number of rotatable bonds is 21. The smallest absolute Gasteiger partial charge is 0.386 e. The molecule has 0 N–H and O–H groups in total. The lowest BCUT2D eigenvalue weighted by molar-refractivity contribution is 0.352. The van der Waals surface area contributed by atoms with Crippen LogP contribution in [0.4, 0.5) is 0 Å². The van der Waals surface area contributed by atoms with Gasteiger partial charge in [0.1, 0.15) is 0 Å². The minimum atomic E-state index is -2.55. The van der Waals surface area contributed by atoms with Crippen molar-refractivity contribution in [2.24, 2.45) is 0 Å². The molecule has 1 atom stereocenters. The van der Waals surface area contributed by atoms with E-state index in [1.165, 1.54) is 15.6 Å². The maximum Gasteiger partial charge on any atom is 0.386 e. The predicted molar refractivity (Wildman–Crippen MR) is 318 cm³/mol. The van der Waals surface area contributed by atoms with Crippen LogP contribution < -0.4 is 15.6 Å². The molecule has 0 heterocycles. The molecule has 0 spiro atoms. The Morgan fingerprint density at radius 2 is 0.554 bits per heavy atom. The van der Waals surface area contributed by atoms with Crippen LogP contribution in [-0.2, 0) is 37.0 Å². The fraction of sp³-hybridized carbons (Fsp3) is 0.581. The Morgan fingerprint density at radius 1 is 0.292 bits per heavy atom. The van der Waals surface area contributed by atoms with Crippen molar-refractivity contribution >= 4 is 129 Å². The van der Waals surface area contributed by atoms with Crippen molar-refractivity contribution < 1.29 is 37.0 Å². The first kappa shape index (κ1) is 65.1. The van der Waals surface area contributed by atoms with Crippen LogP contribution >= 0.6 is 0 Å². The lowest BCUT2D eigenvalue weighted by atomic mass is 10.4. The highest BCUT2D eigenvalue weighted by Crippen LogP contribution is 2.19. The molecule has 0 radical (unpaired) electrons. The van der Waals surface area contributed by atoms with E-state index in [1.807, 2.05) is 18.2 Å². The summed E-state index contributed by atoms with van der Waals surface area (Å²) in [7, 11) is -19.8. The van der Waals surface area contributed by atoms with E-state index in [-0.39, 0.29) is 0 Å². The van der Waals surface area contributed by atoms with E-state index in [9.17, 15) is 0 Å². The summed E-state index contributed by atoms with van der Waals surface area (Å²) in [6, 6.07) is 31.5. The van der Waals surface area contributed by atoms with E-state index in [2.05, 4.69) is 236 Å². The monoisotopic (exact) mass is 1120 g/mol.